The lowest BCUT2D eigenvalue weighted by atomic mass is 9.72. The molecule has 0 saturated heterocycles. The van der Waals surface area contributed by atoms with E-state index < -0.39 is 17.1 Å². The van der Waals surface area contributed by atoms with Crippen molar-refractivity contribution < 1.29 is 14.0 Å². The fraction of sp³-hybridized carbons (Fsp3) is 0.529. The fourth-order valence-electron chi connectivity index (χ4n) is 3.71. The van der Waals surface area contributed by atoms with E-state index in [1.807, 2.05) is 25.9 Å². The molecular weight excluding hydrogens is 283 g/mol. The van der Waals surface area contributed by atoms with Crippen LogP contribution in [0.25, 0.3) is 0 Å². The van der Waals surface area contributed by atoms with Crippen molar-refractivity contribution in [1.29, 1.82) is 0 Å². The van der Waals surface area contributed by atoms with E-state index in [1.165, 1.54) is 17.0 Å². The Morgan fingerprint density at radius 3 is 2.45 bits per heavy atom. The molecule has 1 aliphatic carbocycles. The number of rotatable bonds is 2. The zero-order valence-electron chi connectivity index (χ0n) is 13.2. The highest BCUT2D eigenvalue weighted by molar-refractivity contribution is 6.13. The lowest BCUT2D eigenvalue weighted by Crippen LogP contribution is -2.59. The molecule has 1 aliphatic heterocycles. The van der Waals surface area contributed by atoms with E-state index in [0.29, 0.717) is 11.1 Å². The molecule has 1 fully saturated rings. The van der Waals surface area contributed by atoms with Gasteiger partial charge in [-0.25, -0.2) is 4.39 Å². The number of hydrogen-bond acceptors (Lipinski definition) is 3. The van der Waals surface area contributed by atoms with Crippen molar-refractivity contribution in [1.82, 2.24) is 9.80 Å². The first kappa shape index (κ1) is 15.2. The van der Waals surface area contributed by atoms with E-state index in [1.54, 1.807) is 6.07 Å². The Morgan fingerprint density at radius 1 is 1.23 bits per heavy atom. The van der Waals surface area contributed by atoms with Gasteiger partial charge in [-0.3, -0.25) is 19.4 Å². The summed E-state index contributed by atoms with van der Waals surface area (Å²) in [6.45, 7) is 1.82. The third-order valence-corrected chi connectivity index (χ3v) is 5.15. The molecule has 1 aromatic rings. The molecule has 22 heavy (non-hydrogen) atoms. The van der Waals surface area contributed by atoms with Gasteiger partial charge >= 0.3 is 0 Å². The van der Waals surface area contributed by atoms with Crippen LogP contribution in [0.5, 0.6) is 0 Å². The molecule has 1 spiro atoms. The summed E-state index contributed by atoms with van der Waals surface area (Å²) in [5.74, 6) is -0.958. The SMILES string of the molecule is CC(N(C)C)N1C(=O)c2cc(F)ccc2C2(CCCC2)C1=O. The van der Waals surface area contributed by atoms with E-state index >= 15 is 0 Å². The van der Waals surface area contributed by atoms with Gasteiger partial charge in [0.25, 0.3) is 5.91 Å². The summed E-state index contributed by atoms with van der Waals surface area (Å²) >= 11 is 0. The summed E-state index contributed by atoms with van der Waals surface area (Å²) in [4.78, 5) is 29.1. The fourth-order valence-corrected chi connectivity index (χ4v) is 3.71. The first-order valence-corrected chi connectivity index (χ1v) is 7.73. The van der Waals surface area contributed by atoms with Crippen LogP contribution in [0.15, 0.2) is 18.2 Å². The second kappa shape index (κ2) is 5.16. The Hall–Kier alpha value is -1.75. The number of nitrogens with zero attached hydrogens (tertiary/aromatic N) is 2. The summed E-state index contributed by atoms with van der Waals surface area (Å²) in [6.07, 6.45) is 3.03. The monoisotopic (exact) mass is 304 g/mol. The molecule has 1 aromatic carbocycles. The van der Waals surface area contributed by atoms with Crippen LogP contribution in [0.4, 0.5) is 4.39 Å². The molecule has 0 N–H and O–H groups in total. The average Bonchev–Trinajstić information content (AvgIpc) is 2.96. The van der Waals surface area contributed by atoms with E-state index in [4.69, 9.17) is 0 Å². The summed E-state index contributed by atoms with van der Waals surface area (Å²) in [6, 6.07) is 4.26. The number of carbonyl (C=O) groups is 2. The van der Waals surface area contributed by atoms with Gasteiger partial charge in [0.15, 0.2) is 0 Å². The Balaban J connectivity index is 2.19. The maximum Gasteiger partial charge on any atom is 0.262 e. The molecule has 0 bridgehead atoms. The Kier molecular flexibility index (Phi) is 3.56. The molecule has 2 amide bonds. The highest BCUT2D eigenvalue weighted by Crippen LogP contribution is 2.47. The van der Waals surface area contributed by atoms with Crippen LogP contribution in [-0.2, 0) is 10.2 Å². The van der Waals surface area contributed by atoms with Gasteiger partial charge in [0, 0.05) is 5.56 Å². The predicted molar refractivity (Wildman–Crippen MR) is 80.9 cm³/mol. The quantitative estimate of drug-likeness (QED) is 0.788. The maximum absolute atomic E-state index is 13.7. The lowest BCUT2D eigenvalue weighted by Gasteiger charge is -2.43. The highest BCUT2D eigenvalue weighted by atomic mass is 19.1. The van der Waals surface area contributed by atoms with Crippen LogP contribution in [0, 0.1) is 5.82 Å². The minimum Gasteiger partial charge on any atom is -0.289 e. The minimum atomic E-state index is -0.652. The first-order chi connectivity index (χ1) is 10.4. The zero-order valence-corrected chi connectivity index (χ0v) is 13.2. The summed E-state index contributed by atoms with van der Waals surface area (Å²) < 4.78 is 13.7. The molecule has 0 radical (unpaired) electrons. The lowest BCUT2D eigenvalue weighted by molar-refractivity contribution is -0.139. The molecule has 118 valence electrons. The van der Waals surface area contributed by atoms with Gasteiger partial charge in [0.05, 0.1) is 11.6 Å². The summed E-state index contributed by atoms with van der Waals surface area (Å²) in [7, 11) is 3.65. The van der Waals surface area contributed by atoms with E-state index in [2.05, 4.69) is 0 Å². The van der Waals surface area contributed by atoms with E-state index in [0.717, 1.165) is 25.7 Å². The molecule has 4 nitrogen and oxygen atoms in total. The molecule has 1 atom stereocenters. The third-order valence-electron chi connectivity index (χ3n) is 5.15. The third kappa shape index (κ3) is 1.99. The summed E-state index contributed by atoms with van der Waals surface area (Å²) in [5, 5.41) is 0. The molecule has 0 aromatic heterocycles. The number of halogens is 1. The van der Waals surface area contributed by atoms with Crippen molar-refractivity contribution in [3.05, 3.63) is 35.1 Å². The predicted octanol–water partition coefficient (Wildman–Crippen LogP) is 2.53. The molecule has 1 unspecified atom stereocenters. The van der Waals surface area contributed by atoms with Crippen molar-refractivity contribution in [3.63, 3.8) is 0 Å². The zero-order chi connectivity index (χ0) is 16.1. The Bertz CT molecular complexity index is 636. The number of benzene rings is 1. The second-order valence-corrected chi connectivity index (χ2v) is 6.55. The van der Waals surface area contributed by atoms with Crippen LogP contribution >= 0.6 is 0 Å². The Labute approximate surface area is 129 Å². The van der Waals surface area contributed by atoms with Crippen molar-refractivity contribution in [2.24, 2.45) is 0 Å². The standard InChI is InChI=1S/C17H21FN2O2/c1-11(19(2)3)20-15(21)13-10-12(18)6-7-14(13)17(16(20)22)8-4-5-9-17/h6-7,10-11H,4-5,8-9H2,1-3H3. The van der Waals surface area contributed by atoms with E-state index in [-0.39, 0.29) is 12.1 Å². The summed E-state index contributed by atoms with van der Waals surface area (Å²) in [5.41, 5.74) is 0.403. The van der Waals surface area contributed by atoms with Crippen molar-refractivity contribution in [2.75, 3.05) is 14.1 Å². The molecule has 1 heterocycles. The normalized spacial score (nSPS) is 21.6. The minimum absolute atomic E-state index is 0.129. The number of imide groups is 1. The van der Waals surface area contributed by atoms with Crippen LogP contribution < -0.4 is 0 Å². The molecule has 3 rings (SSSR count). The molecule has 2 aliphatic rings. The molecular formula is C17H21FN2O2. The molecule has 5 heteroatoms. The Morgan fingerprint density at radius 2 is 1.86 bits per heavy atom. The van der Waals surface area contributed by atoms with Gasteiger partial charge in [-0.05, 0) is 51.6 Å². The van der Waals surface area contributed by atoms with Gasteiger partial charge in [-0.2, -0.15) is 0 Å². The second-order valence-electron chi connectivity index (χ2n) is 6.55. The van der Waals surface area contributed by atoms with Crippen molar-refractivity contribution in [2.45, 2.75) is 44.2 Å². The first-order valence-electron chi connectivity index (χ1n) is 7.73. The van der Waals surface area contributed by atoms with E-state index in [9.17, 15) is 14.0 Å². The number of amides is 2. The van der Waals surface area contributed by atoms with Crippen LogP contribution in [0.3, 0.4) is 0 Å². The molecule has 1 saturated carbocycles. The number of carbonyl (C=O) groups excluding carboxylic acids is 2. The van der Waals surface area contributed by atoms with Crippen LogP contribution in [0.1, 0.15) is 48.5 Å². The van der Waals surface area contributed by atoms with Gasteiger partial charge < -0.3 is 0 Å². The van der Waals surface area contributed by atoms with Crippen LogP contribution in [-0.4, -0.2) is 41.9 Å². The van der Waals surface area contributed by atoms with Crippen LogP contribution in [0.2, 0.25) is 0 Å². The van der Waals surface area contributed by atoms with Gasteiger partial charge in [-0.15, -0.1) is 0 Å². The number of fused-ring (bicyclic) bond motifs is 2. The van der Waals surface area contributed by atoms with Crippen molar-refractivity contribution in [3.8, 4) is 0 Å². The largest absolute Gasteiger partial charge is 0.289 e. The average molecular weight is 304 g/mol. The van der Waals surface area contributed by atoms with Gasteiger partial charge in [-0.1, -0.05) is 18.9 Å². The van der Waals surface area contributed by atoms with Crippen molar-refractivity contribution >= 4 is 11.8 Å². The smallest absolute Gasteiger partial charge is 0.262 e. The number of hydrogen-bond donors (Lipinski definition) is 0. The topological polar surface area (TPSA) is 40.6 Å². The van der Waals surface area contributed by atoms with Gasteiger partial charge in [0.2, 0.25) is 5.91 Å². The maximum atomic E-state index is 13.7. The van der Waals surface area contributed by atoms with Gasteiger partial charge in [0.1, 0.15) is 5.82 Å². The highest BCUT2D eigenvalue weighted by Gasteiger charge is 2.53.